The van der Waals surface area contributed by atoms with Gasteiger partial charge in [0.15, 0.2) is 10.3 Å². The Kier molecular flexibility index (Phi) is 10.3. The Morgan fingerprint density at radius 1 is 0.958 bits per heavy atom. The Balaban J connectivity index is 0.959. The maximum Gasteiger partial charge on any atom is 0.257 e. The molecule has 3 aromatic carbocycles. The Labute approximate surface area is 288 Å². The van der Waals surface area contributed by atoms with Crippen LogP contribution in [0, 0.1) is 0 Å². The summed E-state index contributed by atoms with van der Waals surface area (Å²) in [7, 11) is 2.18. The molecule has 0 aliphatic carbocycles. The lowest BCUT2D eigenvalue weighted by atomic mass is 9.94. The number of piperazine rings is 1. The van der Waals surface area contributed by atoms with Gasteiger partial charge in [0.1, 0.15) is 12.4 Å². The molecular weight excluding hydrogens is 645 g/mol. The monoisotopic (exact) mass is 684 g/mol. The normalized spacial score (nSPS) is 15.5. The van der Waals surface area contributed by atoms with Crippen molar-refractivity contribution in [3.8, 4) is 5.75 Å². The number of hydrogen-bond acceptors (Lipinski definition) is 11. The predicted octanol–water partition coefficient (Wildman–Crippen LogP) is 6.32. The Bertz CT molecular complexity index is 1820. The molecule has 0 saturated carbocycles. The number of fused-ring (bicyclic) bond motifs is 2. The van der Waals surface area contributed by atoms with Crippen LogP contribution in [0.5, 0.6) is 5.75 Å². The number of ether oxygens (including phenoxy) is 1. The zero-order valence-corrected chi connectivity index (χ0v) is 28.7. The minimum absolute atomic E-state index is 0.0295. The first-order valence-corrected chi connectivity index (χ1v) is 18.1. The van der Waals surface area contributed by atoms with Gasteiger partial charge in [0.05, 0.1) is 22.5 Å². The first kappa shape index (κ1) is 32.6. The number of nitrogens with one attached hydrogen (secondary N) is 1. The number of hydrogen-bond donors (Lipinski definition) is 2. The van der Waals surface area contributed by atoms with Gasteiger partial charge in [-0.3, -0.25) is 20.3 Å². The highest BCUT2D eigenvalue weighted by molar-refractivity contribution is 7.22. The highest BCUT2D eigenvalue weighted by atomic mass is 32.1. The van der Waals surface area contributed by atoms with Crippen LogP contribution in [-0.4, -0.2) is 77.3 Å². The van der Waals surface area contributed by atoms with Gasteiger partial charge in [-0.15, -0.1) is 11.3 Å². The van der Waals surface area contributed by atoms with Crippen molar-refractivity contribution in [3.05, 3.63) is 99.6 Å². The third-order valence-electron chi connectivity index (χ3n) is 9.01. The number of nitrogens with zero attached hydrogens (tertiary/aromatic N) is 5. The first-order chi connectivity index (χ1) is 23.5. The lowest BCUT2D eigenvalue weighted by Gasteiger charge is -2.32. The molecule has 2 aromatic heterocycles. The molecule has 1 amide bonds. The number of carbonyl (C=O) groups is 1. The number of anilines is 2. The van der Waals surface area contributed by atoms with Crippen LogP contribution in [-0.2, 0) is 37.4 Å². The molecular formula is C36H40N6O4S2. The second kappa shape index (κ2) is 15.1. The highest BCUT2D eigenvalue weighted by Gasteiger charge is 2.25. The van der Waals surface area contributed by atoms with Gasteiger partial charge < -0.3 is 14.5 Å². The molecule has 1 saturated heterocycles. The van der Waals surface area contributed by atoms with Crippen molar-refractivity contribution in [1.82, 2.24) is 19.8 Å². The largest absolute Gasteiger partial charge is 0.494 e. The smallest absolute Gasteiger partial charge is 0.257 e. The van der Waals surface area contributed by atoms with Crippen molar-refractivity contribution in [2.24, 2.45) is 0 Å². The molecule has 5 aromatic rings. The van der Waals surface area contributed by atoms with Gasteiger partial charge in [-0.25, -0.2) is 14.9 Å². The van der Waals surface area contributed by atoms with Crippen molar-refractivity contribution in [2.75, 3.05) is 56.6 Å². The van der Waals surface area contributed by atoms with E-state index in [-0.39, 0.29) is 12.5 Å². The predicted molar refractivity (Wildman–Crippen MR) is 191 cm³/mol. The maximum atomic E-state index is 13.5. The molecule has 0 atom stereocenters. The minimum Gasteiger partial charge on any atom is -0.494 e. The van der Waals surface area contributed by atoms with Crippen LogP contribution in [0.1, 0.15) is 44.0 Å². The molecule has 12 heteroatoms. The number of para-hydroxylation sites is 1. The van der Waals surface area contributed by atoms with Crippen LogP contribution in [0.2, 0.25) is 0 Å². The molecule has 10 nitrogen and oxygen atoms in total. The fourth-order valence-electron chi connectivity index (χ4n) is 6.30. The summed E-state index contributed by atoms with van der Waals surface area (Å²) in [6.07, 6.45) is 2.38. The van der Waals surface area contributed by atoms with Crippen LogP contribution in [0.25, 0.3) is 10.2 Å². The van der Waals surface area contributed by atoms with E-state index in [1.807, 2.05) is 36.4 Å². The maximum absolute atomic E-state index is 13.5. The summed E-state index contributed by atoms with van der Waals surface area (Å²) in [5, 5.41) is 13.8. The molecule has 2 aliphatic rings. The van der Waals surface area contributed by atoms with Gasteiger partial charge in [0.2, 0.25) is 0 Å². The van der Waals surface area contributed by atoms with E-state index in [2.05, 4.69) is 67.3 Å². The number of carbonyl (C=O) groups excluding carboxylic acids is 1. The van der Waals surface area contributed by atoms with E-state index in [1.165, 1.54) is 22.5 Å². The number of benzene rings is 3. The number of rotatable bonds is 12. The van der Waals surface area contributed by atoms with E-state index in [4.69, 9.17) is 9.72 Å². The molecule has 250 valence electrons. The quantitative estimate of drug-likeness (QED) is 0.0889. The van der Waals surface area contributed by atoms with Gasteiger partial charge in [0, 0.05) is 56.3 Å². The van der Waals surface area contributed by atoms with E-state index < -0.39 is 0 Å². The van der Waals surface area contributed by atoms with Crippen molar-refractivity contribution in [2.45, 2.75) is 39.0 Å². The summed E-state index contributed by atoms with van der Waals surface area (Å²) in [5.41, 5.74) is 5.73. The summed E-state index contributed by atoms with van der Waals surface area (Å²) in [4.78, 5) is 35.6. The van der Waals surface area contributed by atoms with Crippen LogP contribution < -0.4 is 15.0 Å². The molecule has 48 heavy (non-hydrogen) atoms. The fraction of sp³-hybridized carbons (Fsp3) is 0.361. The molecule has 0 radical (unpaired) electrons. The molecule has 4 heterocycles. The fourth-order valence-corrected chi connectivity index (χ4v) is 8.29. The molecule has 2 aliphatic heterocycles. The van der Waals surface area contributed by atoms with Gasteiger partial charge in [0.25, 0.3) is 5.91 Å². The van der Waals surface area contributed by atoms with Crippen LogP contribution in [0.15, 0.2) is 66.7 Å². The lowest BCUT2D eigenvalue weighted by molar-refractivity contribution is -0.253. The zero-order valence-electron chi connectivity index (χ0n) is 27.1. The second-order valence-electron chi connectivity index (χ2n) is 12.4. The Morgan fingerprint density at radius 3 is 2.60 bits per heavy atom. The van der Waals surface area contributed by atoms with Crippen molar-refractivity contribution >= 4 is 49.1 Å². The summed E-state index contributed by atoms with van der Waals surface area (Å²) in [6.45, 7) is 7.38. The van der Waals surface area contributed by atoms with Gasteiger partial charge in [-0.05, 0) is 73.3 Å². The van der Waals surface area contributed by atoms with E-state index >= 15 is 0 Å². The summed E-state index contributed by atoms with van der Waals surface area (Å²) < 4.78 is 7.11. The van der Waals surface area contributed by atoms with Crippen molar-refractivity contribution in [1.29, 1.82) is 0 Å². The standard InChI is InChI=1S/C36H40N6O4S2/c1-40-17-19-41(20-18-40)22-25-11-13-27(14-12-25)45-21-5-10-33-31(24-46-44)38-36(48-33)42-16-15-26-6-4-7-28(29(26)23-42)34(43)39-35-37-30-8-2-3-9-32(30)47-35/h2-4,6-9,11-14,44H,5,10,15-24H2,1H3,(H,37,39,43). The Morgan fingerprint density at radius 2 is 1.79 bits per heavy atom. The molecule has 1 fully saturated rings. The summed E-state index contributed by atoms with van der Waals surface area (Å²) in [6, 6.07) is 22.2. The number of thiazole rings is 2. The summed E-state index contributed by atoms with van der Waals surface area (Å²) in [5.74, 6) is 0.711. The molecule has 0 spiro atoms. The third kappa shape index (κ3) is 7.70. The third-order valence-corrected chi connectivity index (χ3v) is 11.2. The molecule has 7 rings (SSSR count). The topological polar surface area (TPSA) is 103 Å². The first-order valence-electron chi connectivity index (χ1n) is 16.4. The van der Waals surface area contributed by atoms with Crippen LogP contribution in [0.3, 0.4) is 0 Å². The second-order valence-corrected chi connectivity index (χ2v) is 14.5. The van der Waals surface area contributed by atoms with Gasteiger partial charge in [-0.1, -0.05) is 47.7 Å². The summed E-state index contributed by atoms with van der Waals surface area (Å²) >= 11 is 3.09. The van der Waals surface area contributed by atoms with Crippen LogP contribution in [0.4, 0.5) is 10.3 Å². The molecule has 2 N–H and O–H groups in total. The number of likely N-dealkylation sites (N-methyl/N-ethyl adjacent to an activating group) is 1. The van der Waals surface area contributed by atoms with E-state index in [0.29, 0.717) is 23.8 Å². The van der Waals surface area contributed by atoms with E-state index in [0.717, 1.165) is 95.8 Å². The SMILES string of the molecule is CN1CCN(Cc2ccc(OCCCc3sc(N4CCc5cccc(C(=O)Nc6nc7ccccc7s6)c5C4)nc3COO)cc2)CC1. The van der Waals surface area contributed by atoms with Gasteiger partial charge in [-0.2, -0.15) is 0 Å². The van der Waals surface area contributed by atoms with Crippen molar-refractivity contribution in [3.63, 3.8) is 0 Å². The zero-order chi connectivity index (χ0) is 32.9. The highest BCUT2D eigenvalue weighted by Crippen LogP contribution is 2.33. The number of amides is 1. The van der Waals surface area contributed by atoms with Gasteiger partial charge >= 0.3 is 0 Å². The number of aryl methyl sites for hydroxylation is 1. The minimum atomic E-state index is -0.161. The number of aromatic nitrogens is 2. The average Bonchev–Trinajstić information content (AvgIpc) is 3.71. The molecule has 0 bridgehead atoms. The average molecular weight is 685 g/mol. The van der Waals surface area contributed by atoms with E-state index in [1.54, 1.807) is 11.3 Å². The molecule has 0 unspecified atom stereocenters. The van der Waals surface area contributed by atoms with Crippen LogP contribution >= 0.6 is 22.7 Å². The van der Waals surface area contributed by atoms with Crippen molar-refractivity contribution < 1.29 is 19.7 Å². The Hall–Kier alpha value is -3.91. The lowest BCUT2D eigenvalue weighted by Crippen LogP contribution is -2.43. The van der Waals surface area contributed by atoms with E-state index in [9.17, 15) is 10.1 Å².